The van der Waals surface area contributed by atoms with Gasteiger partial charge >= 0.3 is 6.18 Å². The fourth-order valence-corrected chi connectivity index (χ4v) is 4.56. The Morgan fingerprint density at radius 3 is 2.55 bits per heavy atom. The maximum Gasteiger partial charge on any atom is 0.389 e. The Labute approximate surface area is 168 Å². The lowest BCUT2D eigenvalue weighted by Gasteiger charge is -2.26. The van der Waals surface area contributed by atoms with Crippen molar-refractivity contribution in [3.8, 4) is 0 Å². The van der Waals surface area contributed by atoms with Gasteiger partial charge in [0.1, 0.15) is 0 Å². The van der Waals surface area contributed by atoms with Crippen molar-refractivity contribution < 1.29 is 18.0 Å². The average molecular weight is 405 g/mol. The van der Waals surface area contributed by atoms with Crippen molar-refractivity contribution in [1.82, 2.24) is 4.90 Å². The molecule has 0 aliphatic carbocycles. The lowest BCUT2D eigenvalue weighted by atomic mass is 10.0. The third-order valence-electron chi connectivity index (χ3n) is 5.94. The highest BCUT2D eigenvalue weighted by atomic mass is 19.4. The monoisotopic (exact) mass is 405 g/mol. The first-order valence-corrected chi connectivity index (χ1v) is 10.3. The van der Waals surface area contributed by atoms with E-state index in [0.29, 0.717) is 13.1 Å². The summed E-state index contributed by atoms with van der Waals surface area (Å²) in [6.07, 6.45) is -3.73. The van der Waals surface area contributed by atoms with Gasteiger partial charge in [-0.2, -0.15) is 13.2 Å². The first-order valence-electron chi connectivity index (χ1n) is 10.3. The van der Waals surface area contributed by atoms with Crippen molar-refractivity contribution in [1.29, 1.82) is 0 Å². The van der Waals surface area contributed by atoms with E-state index in [2.05, 4.69) is 21.9 Å². The van der Waals surface area contributed by atoms with E-state index in [0.717, 1.165) is 60.3 Å². The predicted octanol–water partition coefficient (Wildman–Crippen LogP) is 4.67. The van der Waals surface area contributed by atoms with Gasteiger partial charge in [0.05, 0.1) is 5.69 Å². The summed E-state index contributed by atoms with van der Waals surface area (Å²) >= 11 is 0. The van der Waals surface area contributed by atoms with E-state index in [1.54, 1.807) is 0 Å². The molecule has 0 bridgehead atoms. The fourth-order valence-electron chi connectivity index (χ4n) is 4.56. The van der Waals surface area contributed by atoms with Crippen LogP contribution in [0.3, 0.4) is 0 Å². The molecule has 156 valence electrons. The SMILES string of the molecule is CCN1C(=O)c2cccc3c(N4CCCN(CCCC(F)(F)F)CC4)ccc1c23. The van der Waals surface area contributed by atoms with Crippen molar-refractivity contribution in [3.05, 3.63) is 35.9 Å². The van der Waals surface area contributed by atoms with Gasteiger partial charge in [0.25, 0.3) is 5.91 Å². The molecule has 0 atom stereocenters. The molecule has 0 spiro atoms. The molecular weight excluding hydrogens is 379 g/mol. The number of rotatable bonds is 5. The van der Waals surface area contributed by atoms with Gasteiger partial charge in [0, 0.05) is 54.6 Å². The number of benzene rings is 2. The number of halogens is 3. The van der Waals surface area contributed by atoms with Crippen LogP contribution in [-0.2, 0) is 0 Å². The second kappa shape index (κ2) is 7.86. The van der Waals surface area contributed by atoms with Crippen LogP contribution in [0.1, 0.15) is 36.5 Å². The largest absolute Gasteiger partial charge is 0.389 e. The van der Waals surface area contributed by atoms with E-state index >= 15 is 0 Å². The number of carbonyl (C=O) groups excluding carboxylic acids is 1. The van der Waals surface area contributed by atoms with E-state index in [1.807, 2.05) is 30.0 Å². The molecule has 4 rings (SSSR count). The van der Waals surface area contributed by atoms with Crippen LogP contribution >= 0.6 is 0 Å². The minimum atomic E-state index is -4.08. The summed E-state index contributed by atoms with van der Waals surface area (Å²) in [7, 11) is 0. The lowest BCUT2D eigenvalue weighted by molar-refractivity contribution is -0.136. The average Bonchev–Trinajstić information content (AvgIpc) is 2.82. The van der Waals surface area contributed by atoms with Gasteiger partial charge in [-0.15, -0.1) is 0 Å². The Kier molecular flexibility index (Phi) is 5.42. The molecule has 1 saturated heterocycles. The molecule has 0 N–H and O–H groups in total. The maximum absolute atomic E-state index is 12.7. The first-order chi connectivity index (χ1) is 13.9. The molecule has 2 aromatic rings. The first kappa shape index (κ1) is 20.0. The van der Waals surface area contributed by atoms with E-state index in [-0.39, 0.29) is 12.3 Å². The van der Waals surface area contributed by atoms with Crippen molar-refractivity contribution >= 4 is 28.1 Å². The second-order valence-electron chi connectivity index (χ2n) is 7.78. The highest BCUT2D eigenvalue weighted by Crippen LogP contribution is 2.41. The van der Waals surface area contributed by atoms with Crippen molar-refractivity contribution in [2.75, 3.05) is 49.1 Å². The lowest BCUT2D eigenvalue weighted by Crippen LogP contribution is -2.31. The summed E-state index contributed by atoms with van der Waals surface area (Å²) in [6, 6.07) is 10.0. The molecule has 4 nitrogen and oxygen atoms in total. The normalized spacial score (nSPS) is 18.0. The number of carbonyl (C=O) groups is 1. The summed E-state index contributed by atoms with van der Waals surface area (Å²) in [5.74, 6) is 0.0527. The van der Waals surface area contributed by atoms with E-state index in [9.17, 15) is 18.0 Å². The van der Waals surface area contributed by atoms with Crippen LogP contribution in [0.5, 0.6) is 0 Å². The predicted molar refractivity (Wildman–Crippen MR) is 110 cm³/mol. The minimum absolute atomic E-state index is 0.0527. The third kappa shape index (κ3) is 3.92. The van der Waals surface area contributed by atoms with Gasteiger partial charge < -0.3 is 14.7 Å². The van der Waals surface area contributed by atoms with Crippen molar-refractivity contribution in [2.24, 2.45) is 0 Å². The fraction of sp³-hybridized carbons (Fsp3) is 0.500. The molecule has 1 fully saturated rings. The van der Waals surface area contributed by atoms with Gasteiger partial charge in [-0.05, 0) is 51.1 Å². The minimum Gasteiger partial charge on any atom is -0.370 e. The summed E-state index contributed by atoms with van der Waals surface area (Å²) in [5, 5.41) is 2.10. The summed E-state index contributed by atoms with van der Waals surface area (Å²) in [4.78, 5) is 18.9. The molecule has 0 aromatic heterocycles. The van der Waals surface area contributed by atoms with E-state index in [1.165, 1.54) is 0 Å². The zero-order chi connectivity index (χ0) is 20.6. The number of nitrogens with zero attached hydrogens (tertiary/aromatic N) is 3. The molecule has 0 radical (unpaired) electrons. The molecule has 29 heavy (non-hydrogen) atoms. The molecule has 7 heteroatoms. The molecular formula is C22H26F3N3O. The van der Waals surface area contributed by atoms with Crippen LogP contribution < -0.4 is 9.80 Å². The third-order valence-corrected chi connectivity index (χ3v) is 5.94. The Morgan fingerprint density at radius 1 is 1.00 bits per heavy atom. The van der Waals surface area contributed by atoms with Crippen LogP contribution in [0.25, 0.3) is 10.8 Å². The van der Waals surface area contributed by atoms with Gasteiger partial charge in [-0.25, -0.2) is 0 Å². The molecule has 1 amide bonds. The van der Waals surface area contributed by atoms with E-state index in [4.69, 9.17) is 0 Å². The topological polar surface area (TPSA) is 26.8 Å². The van der Waals surface area contributed by atoms with Gasteiger partial charge in [-0.1, -0.05) is 12.1 Å². The molecule has 0 unspecified atom stereocenters. The van der Waals surface area contributed by atoms with Gasteiger partial charge in [0.15, 0.2) is 0 Å². The molecule has 0 saturated carbocycles. The summed E-state index contributed by atoms with van der Waals surface area (Å²) in [6.45, 7) is 6.30. The molecule has 2 aliphatic heterocycles. The highest BCUT2D eigenvalue weighted by molar-refractivity contribution is 6.26. The summed E-state index contributed by atoms with van der Waals surface area (Å²) in [5.41, 5.74) is 2.83. The number of amides is 1. The van der Waals surface area contributed by atoms with Crippen molar-refractivity contribution in [2.45, 2.75) is 32.4 Å². The standard InChI is InChI=1S/C22H26F3N3O/c1-2-28-19-9-8-18(16-6-3-7-17(20(16)19)21(28)29)27-13-5-12-26(14-15-27)11-4-10-22(23,24)25/h3,6-9H,2,4-5,10-15H2,1H3. The Hall–Kier alpha value is -2.28. The van der Waals surface area contributed by atoms with Crippen LogP contribution in [0, 0.1) is 0 Å². The second-order valence-corrected chi connectivity index (χ2v) is 7.78. The Morgan fingerprint density at radius 2 is 1.79 bits per heavy atom. The zero-order valence-electron chi connectivity index (χ0n) is 16.6. The van der Waals surface area contributed by atoms with Gasteiger partial charge in [0.2, 0.25) is 0 Å². The number of hydrogen-bond acceptors (Lipinski definition) is 3. The van der Waals surface area contributed by atoms with Crippen LogP contribution in [0.2, 0.25) is 0 Å². The zero-order valence-corrected chi connectivity index (χ0v) is 16.6. The van der Waals surface area contributed by atoms with E-state index < -0.39 is 12.6 Å². The van der Waals surface area contributed by atoms with Crippen molar-refractivity contribution in [3.63, 3.8) is 0 Å². The van der Waals surface area contributed by atoms with Crippen LogP contribution in [0.4, 0.5) is 24.5 Å². The highest BCUT2D eigenvalue weighted by Gasteiger charge is 2.30. The quantitative estimate of drug-likeness (QED) is 0.723. The molecule has 2 aliphatic rings. The van der Waals surface area contributed by atoms with Crippen LogP contribution in [0.15, 0.2) is 30.3 Å². The number of hydrogen-bond donors (Lipinski definition) is 0. The molecule has 2 aromatic carbocycles. The molecule has 2 heterocycles. The van der Waals surface area contributed by atoms with Crippen LogP contribution in [-0.4, -0.2) is 56.3 Å². The maximum atomic E-state index is 12.7. The summed E-state index contributed by atoms with van der Waals surface area (Å²) < 4.78 is 37.3. The smallest absolute Gasteiger partial charge is 0.370 e. The number of alkyl halides is 3. The van der Waals surface area contributed by atoms with Gasteiger partial charge in [-0.3, -0.25) is 4.79 Å². The Bertz CT molecular complexity index is 912. The Balaban J connectivity index is 1.53. The number of anilines is 2.